The maximum Gasteiger partial charge on any atom is 0.296 e. The summed E-state index contributed by atoms with van der Waals surface area (Å²) < 4.78 is 15.0. The van der Waals surface area contributed by atoms with Gasteiger partial charge in [0.25, 0.3) is 5.91 Å². The second-order valence-electron chi connectivity index (χ2n) is 6.38. The lowest BCUT2D eigenvalue weighted by molar-refractivity contribution is -0.0606. The fourth-order valence-electron chi connectivity index (χ4n) is 3.40. The molecular weight excluding hydrogens is 337 g/mol. The normalized spacial score (nSPS) is 14.0. The third-order valence-electron chi connectivity index (χ3n) is 4.68. The van der Waals surface area contributed by atoms with Crippen LogP contribution in [0.25, 0.3) is 10.9 Å². The maximum absolute atomic E-state index is 13.1. The Morgan fingerprint density at radius 3 is 2.73 bits per heavy atom. The summed E-state index contributed by atoms with van der Waals surface area (Å²) in [5, 5.41) is 11.0. The quantitative estimate of drug-likeness (QED) is 0.580. The molecule has 1 amide bonds. The lowest BCUT2D eigenvalue weighted by atomic mass is 9.98. The zero-order chi connectivity index (χ0) is 18.4. The molecule has 6 nitrogen and oxygen atoms in total. The van der Waals surface area contributed by atoms with Crippen LogP contribution in [0.5, 0.6) is 0 Å². The molecule has 0 spiro atoms. The molecule has 0 unspecified atom stereocenters. The molecule has 0 fully saturated rings. The Bertz CT molecular complexity index is 1040. The largest absolute Gasteiger partial charge is 0.341 e. The van der Waals surface area contributed by atoms with Gasteiger partial charge in [-0.25, -0.2) is 14.4 Å². The van der Waals surface area contributed by atoms with Crippen molar-refractivity contribution in [1.82, 2.24) is 14.6 Å². The summed E-state index contributed by atoms with van der Waals surface area (Å²) in [7, 11) is 0. The van der Waals surface area contributed by atoms with Crippen LogP contribution in [-0.2, 0) is 13.0 Å². The molecule has 7 heteroatoms. The summed E-state index contributed by atoms with van der Waals surface area (Å²) in [6, 6.07) is 6.16. The Morgan fingerprint density at radius 2 is 2.04 bits per heavy atom. The van der Waals surface area contributed by atoms with Crippen LogP contribution in [0, 0.1) is 5.82 Å². The Kier molecular flexibility index (Phi) is 3.81. The van der Waals surface area contributed by atoms with E-state index in [0.29, 0.717) is 34.5 Å². The molecule has 0 saturated carbocycles. The Balaban J connectivity index is 1.89. The third-order valence-corrected chi connectivity index (χ3v) is 4.68. The van der Waals surface area contributed by atoms with Gasteiger partial charge in [0.15, 0.2) is 5.78 Å². The first-order chi connectivity index (χ1) is 12.5. The highest BCUT2D eigenvalue weighted by atomic mass is 19.1. The highest BCUT2D eigenvalue weighted by Gasteiger charge is 2.29. The van der Waals surface area contributed by atoms with Crippen molar-refractivity contribution in [2.75, 3.05) is 6.54 Å². The number of hydrogen-bond donors (Lipinski definition) is 1. The third kappa shape index (κ3) is 2.57. The Labute approximate surface area is 148 Å². The number of Topliss-reactive ketones (excluding diaryl/α,β-unsaturated/α-hetero) is 1. The predicted octanol–water partition coefficient (Wildman–Crippen LogP) is 2.81. The summed E-state index contributed by atoms with van der Waals surface area (Å²) in [6.07, 6.45) is 3.71. The van der Waals surface area contributed by atoms with Crippen LogP contribution >= 0.6 is 0 Å². The number of carbonyl (C=O) groups is 2. The molecule has 4 rings (SSSR count). The molecule has 0 atom stereocenters. The summed E-state index contributed by atoms with van der Waals surface area (Å²) in [6.45, 7) is 2.09. The summed E-state index contributed by atoms with van der Waals surface area (Å²) >= 11 is 0. The van der Waals surface area contributed by atoms with Crippen LogP contribution in [-0.4, -0.2) is 38.1 Å². The molecule has 3 heterocycles. The van der Waals surface area contributed by atoms with Gasteiger partial charge in [0.2, 0.25) is 0 Å². The van der Waals surface area contributed by atoms with Gasteiger partial charge in [-0.2, -0.15) is 0 Å². The number of ketones is 1. The second kappa shape index (κ2) is 6.03. The number of amides is 1. The number of rotatable bonds is 3. The van der Waals surface area contributed by atoms with Gasteiger partial charge in [-0.3, -0.25) is 14.8 Å². The maximum atomic E-state index is 13.1. The number of nitrogens with zero attached hydrogens (tertiary/aromatic N) is 3. The van der Waals surface area contributed by atoms with Gasteiger partial charge >= 0.3 is 0 Å². The monoisotopic (exact) mass is 353 g/mol. The van der Waals surface area contributed by atoms with Gasteiger partial charge in [-0.1, -0.05) is 12.1 Å². The van der Waals surface area contributed by atoms with E-state index < -0.39 is 5.91 Å². The molecule has 0 aliphatic carbocycles. The average molecular weight is 353 g/mol. The Morgan fingerprint density at radius 1 is 1.31 bits per heavy atom. The molecule has 3 aromatic rings. The molecule has 1 N–H and O–H groups in total. The van der Waals surface area contributed by atoms with Crippen molar-refractivity contribution in [1.29, 1.82) is 0 Å². The number of hydrogen-bond acceptors (Lipinski definition) is 4. The summed E-state index contributed by atoms with van der Waals surface area (Å²) in [4.78, 5) is 28.6. The van der Waals surface area contributed by atoms with E-state index in [1.165, 1.54) is 19.1 Å². The van der Waals surface area contributed by atoms with Gasteiger partial charge in [-0.15, -0.1) is 0 Å². The van der Waals surface area contributed by atoms with E-state index in [0.717, 1.165) is 11.1 Å². The summed E-state index contributed by atoms with van der Waals surface area (Å²) in [5.74, 6) is -0.979. The fraction of sp³-hybridized carbons (Fsp3) is 0.211. The van der Waals surface area contributed by atoms with Crippen molar-refractivity contribution in [2.45, 2.75) is 19.9 Å². The van der Waals surface area contributed by atoms with E-state index in [1.54, 1.807) is 24.5 Å². The van der Waals surface area contributed by atoms with Crippen LogP contribution in [0.1, 0.15) is 38.9 Å². The molecule has 1 aliphatic rings. The number of benzene rings is 1. The first kappa shape index (κ1) is 16.4. The molecule has 0 saturated heterocycles. The van der Waals surface area contributed by atoms with Gasteiger partial charge in [0.1, 0.15) is 11.5 Å². The zero-order valence-electron chi connectivity index (χ0n) is 14.1. The molecule has 132 valence electrons. The average Bonchev–Trinajstić information content (AvgIpc) is 2.99. The lowest BCUT2D eigenvalue weighted by Crippen LogP contribution is -2.35. The molecule has 26 heavy (non-hydrogen) atoms. The number of carbonyl (C=O) groups excluding carboxylic acids is 2. The van der Waals surface area contributed by atoms with Crippen molar-refractivity contribution in [3.8, 4) is 0 Å². The number of pyridine rings is 1. The van der Waals surface area contributed by atoms with Crippen molar-refractivity contribution >= 4 is 22.6 Å². The zero-order valence-corrected chi connectivity index (χ0v) is 14.1. The van der Waals surface area contributed by atoms with E-state index in [4.69, 9.17) is 0 Å². The molecule has 1 aromatic carbocycles. The van der Waals surface area contributed by atoms with Gasteiger partial charge in [0, 0.05) is 23.7 Å². The predicted molar refractivity (Wildman–Crippen MR) is 91.8 cm³/mol. The lowest BCUT2D eigenvalue weighted by Gasteiger charge is -2.22. The first-order valence-electron chi connectivity index (χ1n) is 8.22. The van der Waals surface area contributed by atoms with Crippen LogP contribution in [0.2, 0.25) is 0 Å². The number of aromatic nitrogens is 2. The van der Waals surface area contributed by atoms with E-state index in [-0.39, 0.29) is 23.8 Å². The summed E-state index contributed by atoms with van der Waals surface area (Å²) in [5.41, 5.74) is 2.99. The van der Waals surface area contributed by atoms with Crippen molar-refractivity contribution in [2.24, 2.45) is 0 Å². The van der Waals surface area contributed by atoms with Crippen LogP contribution in [0.3, 0.4) is 0 Å². The van der Waals surface area contributed by atoms with Crippen LogP contribution in [0.15, 0.2) is 36.7 Å². The van der Waals surface area contributed by atoms with E-state index in [9.17, 15) is 19.2 Å². The minimum Gasteiger partial charge on any atom is -0.341 e. The van der Waals surface area contributed by atoms with Crippen molar-refractivity contribution in [3.63, 3.8) is 0 Å². The topological polar surface area (TPSA) is 75.4 Å². The van der Waals surface area contributed by atoms with Crippen LogP contribution < -0.4 is 0 Å². The standard InChI is InChI=1S/C19H16FN3O3/c1-11(24)15-10-22(9-12-2-4-13(20)5-3-12)16-8-21-18-14(17(15)16)6-7-23(26)19(18)25/h2-5,8,10,26H,6-7,9H2,1H3. The first-order valence-corrected chi connectivity index (χ1v) is 8.22. The van der Waals surface area contributed by atoms with Gasteiger partial charge < -0.3 is 4.57 Å². The SMILES string of the molecule is CC(=O)c1cn(Cc2ccc(F)cc2)c2cnc3c(c12)CCN(O)C3=O. The number of fused-ring (bicyclic) bond motifs is 3. The molecular formula is C19H16FN3O3. The Hall–Kier alpha value is -3.06. The molecule has 2 aromatic heterocycles. The highest BCUT2D eigenvalue weighted by Crippen LogP contribution is 2.30. The minimum atomic E-state index is -0.561. The highest BCUT2D eigenvalue weighted by molar-refractivity contribution is 6.10. The van der Waals surface area contributed by atoms with Crippen molar-refractivity contribution in [3.05, 3.63) is 64.9 Å². The fourth-order valence-corrected chi connectivity index (χ4v) is 3.40. The molecule has 0 radical (unpaired) electrons. The molecule has 0 bridgehead atoms. The second-order valence-corrected chi connectivity index (χ2v) is 6.38. The van der Waals surface area contributed by atoms with Crippen molar-refractivity contribution < 1.29 is 19.2 Å². The smallest absolute Gasteiger partial charge is 0.296 e. The molecule has 1 aliphatic heterocycles. The van der Waals surface area contributed by atoms with E-state index in [2.05, 4.69) is 4.98 Å². The van der Waals surface area contributed by atoms with Gasteiger partial charge in [0.05, 0.1) is 18.3 Å². The van der Waals surface area contributed by atoms with E-state index >= 15 is 0 Å². The van der Waals surface area contributed by atoms with Gasteiger partial charge in [-0.05, 0) is 36.6 Å². The number of halogens is 1. The number of hydroxylamine groups is 2. The van der Waals surface area contributed by atoms with E-state index in [1.807, 2.05) is 4.57 Å². The van der Waals surface area contributed by atoms with Crippen LogP contribution in [0.4, 0.5) is 4.39 Å². The minimum absolute atomic E-state index is 0.111.